The summed E-state index contributed by atoms with van der Waals surface area (Å²) in [6.45, 7) is 4.08. The van der Waals surface area contributed by atoms with Crippen molar-refractivity contribution in [2.24, 2.45) is 11.8 Å². The number of hydrogen-bond donors (Lipinski definition) is 0. The highest BCUT2D eigenvalue weighted by Crippen LogP contribution is 2.46. The minimum Gasteiger partial charge on any atom is -0.462 e. The van der Waals surface area contributed by atoms with Gasteiger partial charge in [0.2, 0.25) is 0 Å². The molecule has 2 rings (SSSR count). The van der Waals surface area contributed by atoms with E-state index in [0.717, 1.165) is 19.3 Å². The molecule has 0 amide bonds. The van der Waals surface area contributed by atoms with E-state index < -0.39 is 0 Å². The predicted octanol–water partition coefficient (Wildman–Crippen LogP) is 2.53. The average Bonchev–Trinajstić information content (AvgIpc) is 3.04. The summed E-state index contributed by atoms with van der Waals surface area (Å²) >= 11 is 1.73. The number of esters is 2. The zero-order valence-electron chi connectivity index (χ0n) is 11.4. The quantitative estimate of drug-likeness (QED) is 0.554. The molecule has 1 saturated carbocycles. The van der Waals surface area contributed by atoms with Crippen molar-refractivity contribution >= 4 is 23.7 Å². The van der Waals surface area contributed by atoms with Crippen molar-refractivity contribution in [2.45, 2.75) is 38.4 Å². The van der Waals surface area contributed by atoms with Crippen LogP contribution in [0, 0.1) is 11.8 Å². The molecule has 1 aliphatic carbocycles. The van der Waals surface area contributed by atoms with Gasteiger partial charge < -0.3 is 9.47 Å². The first-order chi connectivity index (χ1) is 9.11. The molecule has 0 radical (unpaired) electrons. The standard InChI is InChI=1S/C14H20O4S/c1-3-9(2)13(15)17-4-5-18-14(16)11-6-10-7-12(11)19-8-10/h8-9,11-12H,3-7H2,1-2H3. The molecule has 0 aromatic carbocycles. The molecule has 0 spiro atoms. The molecule has 1 fully saturated rings. The summed E-state index contributed by atoms with van der Waals surface area (Å²) in [5.41, 5.74) is 1.36. The minimum atomic E-state index is -0.223. The van der Waals surface area contributed by atoms with Crippen molar-refractivity contribution in [3.8, 4) is 0 Å². The number of thioether (sulfide) groups is 1. The van der Waals surface area contributed by atoms with Crippen LogP contribution in [0.5, 0.6) is 0 Å². The predicted molar refractivity (Wildman–Crippen MR) is 73.6 cm³/mol. The van der Waals surface area contributed by atoms with Crippen LogP contribution in [0.2, 0.25) is 0 Å². The van der Waals surface area contributed by atoms with Gasteiger partial charge in [-0.1, -0.05) is 19.4 Å². The van der Waals surface area contributed by atoms with Crippen LogP contribution in [0.15, 0.2) is 11.0 Å². The van der Waals surface area contributed by atoms with Crippen LogP contribution in [0.25, 0.3) is 0 Å². The molecule has 0 saturated heterocycles. The molecule has 1 heterocycles. The van der Waals surface area contributed by atoms with E-state index in [1.165, 1.54) is 5.57 Å². The summed E-state index contributed by atoms with van der Waals surface area (Å²) in [6.07, 6.45) is 2.62. The van der Waals surface area contributed by atoms with Gasteiger partial charge in [0.25, 0.3) is 0 Å². The van der Waals surface area contributed by atoms with Crippen molar-refractivity contribution < 1.29 is 19.1 Å². The molecule has 3 atom stereocenters. The zero-order valence-corrected chi connectivity index (χ0v) is 12.2. The van der Waals surface area contributed by atoms with Crippen LogP contribution in [0.3, 0.4) is 0 Å². The Balaban J connectivity index is 1.62. The Kier molecular flexibility index (Phi) is 4.91. The third-order valence-electron chi connectivity index (χ3n) is 3.69. The number of carbonyl (C=O) groups is 2. The van der Waals surface area contributed by atoms with Crippen LogP contribution in [0.1, 0.15) is 33.1 Å². The lowest BCUT2D eigenvalue weighted by atomic mass is 10.1. The van der Waals surface area contributed by atoms with E-state index in [2.05, 4.69) is 5.41 Å². The molecule has 2 bridgehead atoms. The second-order valence-corrected chi connectivity index (χ2v) is 6.22. The molecular weight excluding hydrogens is 264 g/mol. The Hall–Kier alpha value is -0.970. The average molecular weight is 284 g/mol. The van der Waals surface area contributed by atoms with Crippen LogP contribution >= 0.6 is 11.8 Å². The van der Waals surface area contributed by atoms with Crippen molar-refractivity contribution in [1.29, 1.82) is 0 Å². The van der Waals surface area contributed by atoms with Gasteiger partial charge in [0.1, 0.15) is 13.2 Å². The first-order valence-electron chi connectivity index (χ1n) is 6.78. The summed E-state index contributed by atoms with van der Waals surface area (Å²) < 4.78 is 10.2. The third-order valence-corrected chi connectivity index (χ3v) is 5.01. The number of hydrogen-bond acceptors (Lipinski definition) is 5. The first kappa shape index (κ1) is 14.4. The molecule has 2 aliphatic rings. The number of carbonyl (C=O) groups excluding carboxylic acids is 2. The molecule has 0 aromatic rings. The van der Waals surface area contributed by atoms with Gasteiger partial charge in [-0.2, -0.15) is 0 Å². The first-order valence-corrected chi connectivity index (χ1v) is 7.72. The van der Waals surface area contributed by atoms with E-state index in [1.807, 2.05) is 13.8 Å². The van der Waals surface area contributed by atoms with Crippen LogP contribution in [-0.4, -0.2) is 30.4 Å². The van der Waals surface area contributed by atoms with Crippen molar-refractivity contribution in [3.05, 3.63) is 11.0 Å². The molecular formula is C14H20O4S. The van der Waals surface area contributed by atoms with E-state index in [1.54, 1.807) is 11.8 Å². The topological polar surface area (TPSA) is 52.6 Å². The largest absolute Gasteiger partial charge is 0.462 e. The fourth-order valence-corrected chi connectivity index (χ4v) is 3.52. The molecule has 4 nitrogen and oxygen atoms in total. The fraction of sp³-hybridized carbons (Fsp3) is 0.714. The highest BCUT2D eigenvalue weighted by Gasteiger charge is 2.40. The molecule has 19 heavy (non-hydrogen) atoms. The van der Waals surface area contributed by atoms with Gasteiger partial charge in [-0.25, -0.2) is 0 Å². The van der Waals surface area contributed by atoms with E-state index in [9.17, 15) is 9.59 Å². The van der Waals surface area contributed by atoms with E-state index in [0.29, 0.717) is 5.25 Å². The lowest BCUT2D eigenvalue weighted by molar-refractivity contribution is -0.156. The maximum Gasteiger partial charge on any atom is 0.310 e. The maximum atomic E-state index is 11.9. The summed E-state index contributed by atoms with van der Waals surface area (Å²) in [5, 5.41) is 2.52. The summed E-state index contributed by atoms with van der Waals surface area (Å²) in [6, 6.07) is 0. The smallest absolute Gasteiger partial charge is 0.310 e. The number of rotatable bonds is 6. The van der Waals surface area contributed by atoms with Crippen LogP contribution in [0.4, 0.5) is 0 Å². The van der Waals surface area contributed by atoms with E-state index in [4.69, 9.17) is 9.47 Å². The number of allylic oxidation sites excluding steroid dienone is 1. The van der Waals surface area contributed by atoms with Crippen molar-refractivity contribution in [1.82, 2.24) is 0 Å². The lowest BCUT2D eigenvalue weighted by Crippen LogP contribution is -2.25. The monoisotopic (exact) mass is 284 g/mol. The van der Waals surface area contributed by atoms with Gasteiger partial charge >= 0.3 is 11.9 Å². The zero-order chi connectivity index (χ0) is 13.8. The number of ether oxygens (including phenoxy) is 2. The Morgan fingerprint density at radius 2 is 2.11 bits per heavy atom. The Morgan fingerprint density at radius 1 is 1.37 bits per heavy atom. The minimum absolute atomic E-state index is 0.00438. The Labute approximate surface area is 117 Å². The normalized spacial score (nSPS) is 25.9. The maximum absolute atomic E-state index is 11.9. The van der Waals surface area contributed by atoms with Crippen molar-refractivity contribution in [3.63, 3.8) is 0 Å². The Bertz CT molecular complexity index is 391. The van der Waals surface area contributed by atoms with Crippen LogP contribution < -0.4 is 0 Å². The molecule has 3 unspecified atom stereocenters. The van der Waals surface area contributed by atoms with Gasteiger partial charge in [0, 0.05) is 5.25 Å². The summed E-state index contributed by atoms with van der Waals surface area (Å²) in [7, 11) is 0. The second kappa shape index (κ2) is 6.46. The lowest BCUT2D eigenvalue weighted by Gasteiger charge is -2.17. The highest BCUT2D eigenvalue weighted by atomic mass is 32.2. The van der Waals surface area contributed by atoms with Gasteiger partial charge in [0.15, 0.2) is 0 Å². The van der Waals surface area contributed by atoms with Gasteiger partial charge in [-0.15, -0.1) is 11.8 Å². The molecule has 0 aromatic heterocycles. The molecule has 106 valence electrons. The third kappa shape index (κ3) is 3.53. The van der Waals surface area contributed by atoms with Crippen molar-refractivity contribution in [2.75, 3.05) is 13.2 Å². The fourth-order valence-electron chi connectivity index (χ4n) is 2.26. The van der Waals surface area contributed by atoms with E-state index >= 15 is 0 Å². The molecule has 0 N–H and O–H groups in total. The van der Waals surface area contributed by atoms with Crippen LogP contribution in [-0.2, 0) is 19.1 Å². The van der Waals surface area contributed by atoms with Gasteiger partial charge in [-0.3, -0.25) is 9.59 Å². The Morgan fingerprint density at radius 3 is 2.68 bits per heavy atom. The van der Waals surface area contributed by atoms with Gasteiger partial charge in [-0.05, 0) is 24.7 Å². The summed E-state index contributed by atoms with van der Waals surface area (Å²) in [4.78, 5) is 23.3. The number of fused-ring (bicyclic) bond motifs is 2. The molecule has 5 heteroatoms. The SMILES string of the molecule is CCC(C)C(=O)OCCOC(=O)C1CC2=CSC1C2. The second-order valence-electron chi connectivity index (χ2n) is 5.11. The highest BCUT2D eigenvalue weighted by molar-refractivity contribution is 8.03. The summed E-state index contributed by atoms with van der Waals surface area (Å²) in [5.74, 6) is -0.473. The van der Waals surface area contributed by atoms with Gasteiger partial charge in [0.05, 0.1) is 11.8 Å². The van der Waals surface area contributed by atoms with E-state index in [-0.39, 0.29) is 37.0 Å². The molecule has 1 aliphatic heterocycles.